The van der Waals surface area contributed by atoms with Crippen LogP contribution in [0.1, 0.15) is 72.2 Å². The van der Waals surface area contributed by atoms with Gasteiger partial charge in [0, 0.05) is 39.5 Å². The van der Waals surface area contributed by atoms with Gasteiger partial charge in [0.15, 0.2) is 11.6 Å². The van der Waals surface area contributed by atoms with Crippen LogP contribution in [0.3, 0.4) is 0 Å². The maximum atomic E-state index is 12.0. The number of hydrogen-bond acceptors (Lipinski definition) is 4. The summed E-state index contributed by atoms with van der Waals surface area (Å²) in [7, 11) is 0. The predicted molar refractivity (Wildman–Crippen MR) is 111 cm³/mol. The van der Waals surface area contributed by atoms with Crippen LogP contribution in [0.25, 0.3) is 0 Å². The summed E-state index contributed by atoms with van der Waals surface area (Å²) in [6.45, 7) is 3.22. The van der Waals surface area contributed by atoms with E-state index in [0.717, 1.165) is 28.9 Å². The Labute approximate surface area is 165 Å². The Bertz CT molecular complexity index is 975. The van der Waals surface area contributed by atoms with Crippen LogP contribution in [0.15, 0.2) is 42.5 Å². The molecule has 0 radical (unpaired) electrons. The van der Waals surface area contributed by atoms with Crippen LogP contribution in [-0.2, 0) is 5.54 Å². The summed E-state index contributed by atoms with van der Waals surface area (Å²) in [5, 5.41) is 7.69. The van der Waals surface area contributed by atoms with Crippen molar-refractivity contribution >= 4 is 22.9 Å². The zero-order chi connectivity index (χ0) is 19.5. The third-order valence-electron chi connectivity index (χ3n) is 7.28. The third-order valence-corrected chi connectivity index (χ3v) is 7.28. The van der Waals surface area contributed by atoms with Crippen molar-refractivity contribution in [3.8, 4) is 0 Å². The third kappa shape index (κ3) is 2.36. The van der Waals surface area contributed by atoms with Crippen LogP contribution >= 0.6 is 0 Å². The Morgan fingerprint density at radius 3 is 2.18 bits per heavy atom. The molecule has 2 fully saturated rings. The van der Waals surface area contributed by atoms with Gasteiger partial charge in [0.2, 0.25) is 0 Å². The number of nitrogens with one attached hydrogen (secondary N) is 2. The standard InChI is InChI=1S/C24H26N2O2/c1-15(27)17-4-7-19(8-5-17)25-24-13-10-22(24)23(11-3-12-23)26-21-9-6-18(16(2)28)14-20(21)24/h4-9,14,22,25-26H,3,10-13H2,1-2H3. The smallest absolute Gasteiger partial charge is 0.159 e. The molecule has 2 unspecified atom stereocenters. The lowest BCUT2D eigenvalue weighted by Gasteiger charge is -2.66. The molecular weight excluding hydrogens is 348 g/mol. The summed E-state index contributed by atoms with van der Waals surface area (Å²) in [5.41, 5.74) is 4.93. The van der Waals surface area contributed by atoms with Gasteiger partial charge in [0.1, 0.15) is 0 Å². The first-order valence-electron chi connectivity index (χ1n) is 10.3. The van der Waals surface area contributed by atoms with Crippen molar-refractivity contribution in [3.05, 3.63) is 59.2 Å². The molecule has 4 nitrogen and oxygen atoms in total. The normalized spacial score (nSPS) is 26.1. The van der Waals surface area contributed by atoms with E-state index in [1.165, 1.54) is 31.2 Å². The van der Waals surface area contributed by atoms with Crippen molar-refractivity contribution in [2.75, 3.05) is 10.6 Å². The van der Waals surface area contributed by atoms with Gasteiger partial charge in [-0.1, -0.05) is 0 Å². The summed E-state index contributed by atoms with van der Waals surface area (Å²) in [5.74, 6) is 0.692. The largest absolute Gasteiger partial charge is 0.379 e. The Morgan fingerprint density at radius 1 is 0.964 bits per heavy atom. The van der Waals surface area contributed by atoms with E-state index in [1.807, 2.05) is 30.3 Å². The molecule has 1 spiro atoms. The van der Waals surface area contributed by atoms with Crippen LogP contribution in [0.4, 0.5) is 11.4 Å². The zero-order valence-electron chi connectivity index (χ0n) is 16.5. The fourth-order valence-electron chi connectivity index (χ4n) is 5.54. The van der Waals surface area contributed by atoms with Crippen LogP contribution in [-0.4, -0.2) is 17.1 Å². The van der Waals surface area contributed by atoms with Gasteiger partial charge in [-0.2, -0.15) is 0 Å². The van der Waals surface area contributed by atoms with E-state index in [0.29, 0.717) is 5.92 Å². The topological polar surface area (TPSA) is 58.2 Å². The summed E-state index contributed by atoms with van der Waals surface area (Å²) in [4.78, 5) is 23.6. The summed E-state index contributed by atoms with van der Waals surface area (Å²) in [6.07, 6.45) is 5.93. The number of hydrogen-bond donors (Lipinski definition) is 2. The number of carbonyl (C=O) groups is 2. The highest BCUT2D eigenvalue weighted by Crippen LogP contribution is 2.63. The van der Waals surface area contributed by atoms with Gasteiger partial charge in [-0.05, 0) is 88.4 Å². The minimum absolute atomic E-state index is 0.0815. The molecule has 28 heavy (non-hydrogen) atoms. The maximum Gasteiger partial charge on any atom is 0.159 e. The average molecular weight is 374 g/mol. The molecule has 4 heteroatoms. The highest BCUT2D eigenvalue weighted by Gasteiger charge is 2.63. The number of anilines is 2. The number of rotatable bonds is 4. The van der Waals surface area contributed by atoms with Gasteiger partial charge in [0.05, 0.1) is 5.54 Å². The van der Waals surface area contributed by atoms with Crippen molar-refractivity contribution in [2.45, 2.75) is 57.0 Å². The molecule has 5 rings (SSSR count). The van der Waals surface area contributed by atoms with E-state index in [4.69, 9.17) is 0 Å². The predicted octanol–water partition coefficient (Wildman–Crippen LogP) is 5.16. The molecule has 2 aromatic carbocycles. The summed E-state index contributed by atoms with van der Waals surface area (Å²) in [6, 6.07) is 13.9. The molecule has 2 saturated carbocycles. The Morgan fingerprint density at radius 2 is 1.64 bits per heavy atom. The minimum Gasteiger partial charge on any atom is -0.379 e. The van der Waals surface area contributed by atoms with Crippen LogP contribution < -0.4 is 10.6 Å². The molecule has 2 aromatic rings. The maximum absolute atomic E-state index is 12.0. The Balaban J connectivity index is 1.59. The van der Waals surface area contributed by atoms with Gasteiger partial charge < -0.3 is 10.6 Å². The fourth-order valence-corrected chi connectivity index (χ4v) is 5.54. The molecule has 144 valence electrons. The van der Waals surface area contributed by atoms with Gasteiger partial charge in [-0.3, -0.25) is 9.59 Å². The van der Waals surface area contributed by atoms with E-state index in [1.54, 1.807) is 13.8 Å². The first-order chi connectivity index (χ1) is 13.4. The molecule has 1 heterocycles. The van der Waals surface area contributed by atoms with Crippen molar-refractivity contribution in [3.63, 3.8) is 0 Å². The Hall–Kier alpha value is -2.62. The van der Waals surface area contributed by atoms with E-state index < -0.39 is 0 Å². The quantitative estimate of drug-likeness (QED) is 0.726. The first kappa shape index (κ1) is 17.5. The fraction of sp³-hybridized carbons (Fsp3) is 0.417. The first-order valence-corrected chi connectivity index (χ1v) is 10.3. The second kappa shape index (κ2) is 5.94. The monoisotopic (exact) mass is 374 g/mol. The SMILES string of the molecule is CC(=O)c1ccc(NC23CCC2C2(CCC2)Nc2ccc(C(C)=O)cc23)cc1. The minimum atomic E-state index is -0.149. The number of Topliss-reactive ketones (excluding diaryl/α,β-unsaturated/α-hetero) is 2. The highest BCUT2D eigenvalue weighted by atomic mass is 16.1. The molecular formula is C24H26N2O2. The molecule has 2 atom stereocenters. The van der Waals surface area contributed by atoms with E-state index >= 15 is 0 Å². The molecule has 0 bridgehead atoms. The lowest BCUT2D eigenvalue weighted by Crippen LogP contribution is -2.68. The van der Waals surface area contributed by atoms with E-state index in [-0.39, 0.29) is 22.6 Å². The van der Waals surface area contributed by atoms with Gasteiger partial charge in [0.25, 0.3) is 0 Å². The van der Waals surface area contributed by atoms with E-state index in [2.05, 4.69) is 22.8 Å². The summed E-state index contributed by atoms with van der Waals surface area (Å²) >= 11 is 0. The molecule has 0 aromatic heterocycles. The van der Waals surface area contributed by atoms with Gasteiger partial charge in [-0.25, -0.2) is 0 Å². The van der Waals surface area contributed by atoms with Crippen molar-refractivity contribution < 1.29 is 9.59 Å². The van der Waals surface area contributed by atoms with Crippen LogP contribution in [0.5, 0.6) is 0 Å². The second-order valence-corrected chi connectivity index (χ2v) is 8.77. The lowest BCUT2D eigenvalue weighted by molar-refractivity contribution is 0.0196. The van der Waals surface area contributed by atoms with E-state index in [9.17, 15) is 9.59 Å². The van der Waals surface area contributed by atoms with Crippen molar-refractivity contribution in [1.29, 1.82) is 0 Å². The molecule has 3 aliphatic rings. The van der Waals surface area contributed by atoms with Crippen molar-refractivity contribution in [2.24, 2.45) is 5.92 Å². The molecule has 2 N–H and O–H groups in total. The summed E-state index contributed by atoms with van der Waals surface area (Å²) < 4.78 is 0. The lowest BCUT2D eigenvalue weighted by atomic mass is 9.48. The second-order valence-electron chi connectivity index (χ2n) is 8.77. The zero-order valence-corrected chi connectivity index (χ0v) is 16.5. The van der Waals surface area contributed by atoms with Gasteiger partial charge >= 0.3 is 0 Å². The number of carbonyl (C=O) groups excluding carboxylic acids is 2. The Kier molecular flexibility index (Phi) is 3.71. The van der Waals surface area contributed by atoms with Crippen molar-refractivity contribution in [1.82, 2.24) is 0 Å². The number of benzene rings is 2. The van der Waals surface area contributed by atoms with Gasteiger partial charge in [-0.15, -0.1) is 0 Å². The molecule has 0 amide bonds. The average Bonchev–Trinajstić information content (AvgIpc) is 2.63. The number of fused-ring (bicyclic) bond motifs is 4. The van der Waals surface area contributed by atoms with Crippen LogP contribution in [0.2, 0.25) is 0 Å². The highest BCUT2D eigenvalue weighted by molar-refractivity contribution is 5.95. The molecule has 2 aliphatic carbocycles. The molecule has 1 aliphatic heterocycles. The molecule has 0 saturated heterocycles. The van der Waals surface area contributed by atoms with Crippen LogP contribution in [0, 0.1) is 5.92 Å². The number of ketones is 2.